The standard InChI is InChI=1S/C52H88NO8P/c1-6-8-10-12-14-16-18-20-22-23-24-25-26-27-28-29-31-32-34-36-38-40-42-44-51(54)58-48-50(49-60-62(56,57)59-47-46-53(3,4)5)61-52(55)45-43-41-39-37-35-33-30-21-19-17-15-13-11-9-7-2/h9,11,15,17-18,20-21,23-24,26-27,30,35,37,41,43,50H,6-8,10,12-14,16,19,22,25,28-29,31-34,36,38-40,42,44-49H2,1-5H3/p+1/b11-9-,17-15-,20-18-,24-23-,27-26-,30-21-,37-35-,43-41-. The van der Waals surface area contributed by atoms with Gasteiger partial charge in [-0.3, -0.25) is 18.6 Å². The van der Waals surface area contributed by atoms with Crippen molar-refractivity contribution >= 4 is 19.8 Å². The lowest BCUT2D eigenvalue weighted by molar-refractivity contribution is -0.870. The van der Waals surface area contributed by atoms with Gasteiger partial charge in [-0.05, 0) is 77.0 Å². The molecule has 0 radical (unpaired) electrons. The minimum atomic E-state index is -4.41. The van der Waals surface area contributed by atoms with E-state index in [1.54, 1.807) is 6.08 Å². The maximum atomic E-state index is 12.6. The molecule has 0 heterocycles. The van der Waals surface area contributed by atoms with Gasteiger partial charge in [0.05, 0.1) is 34.2 Å². The van der Waals surface area contributed by atoms with Crippen molar-refractivity contribution in [2.45, 2.75) is 174 Å². The van der Waals surface area contributed by atoms with E-state index < -0.39 is 32.5 Å². The van der Waals surface area contributed by atoms with Crippen molar-refractivity contribution in [1.29, 1.82) is 0 Å². The molecule has 0 bridgehead atoms. The van der Waals surface area contributed by atoms with Gasteiger partial charge in [0.2, 0.25) is 0 Å². The highest BCUT2D eigenvalue weighted by Crippen LogP contribution is 2.43. The number of allylic oxidation sites excluding steroid dienone is 15. The summed E-state index contributed by atoms with van der Waals surface area (Å²) in [5.41, 5.74) is 0. The number of ether oxygens (including phenoxy) is 2. The summed E-state index contributed by atoms with van der Waals surface area (Å²) in [6, 6.07) is 0. The molecule has 0 aromatic rings. The predicted molar refractivity (Wildman–Crippen MR) is 261 cm³/mol. The van der Waals surface area contributed by atoms with E-state index in [-0.39, 0.29) is 26.1 Å². The molecule has 0 aliphatic heterocycles. The van der Waals surface area contributed by atoms with Crippen LogP contribution in [0.4, 0.5) is 0 Å². The molecule has 2 atom stereocenters. The number of carbonyl (C=O) groups excluding carboxylic acids is 2. The van der Waals surface area contributed by atoms with Gasteiger partial charge in [0.25, 0.3) is 0 Å². The number of nitrogens with zero attached hydrogens (tertiary/aromatic N) is 1. The van der Waals surface area contributed by atoms with Crippen LogP contribution < -0.4 is 0 Å². The summed E-state index contributed by atoms with van der Waals surface area (Å²) in [4.78, 5) is 35.4. The second-order valence-corrected chi connectivity index (χ2v) is 18.2. The maximum Gasteiger partial charge on any atom is 0.472 e. The molecule has 0 spiro atoms. The van der Waals surface area contributed by atoms with E-state index in [9.17, 15) is 19.0 Å². The summed E-state index contributed by atoms with van der Waals surface area (Å²) < 4.78 is 34.2. The molecule has 0 aliphatic carbocycles. The Balaban J connectivity index is 4.39. The van der Waals surface area contributed by atoms with Gasteiger partial charge in [0.1, 0.15) is 19.8 Å². The van der Waals surface area contributed by atoms with Crippen molar-refractivity contribution < 1.29 is 42.1 Å². The minimum absolute atomic E-state index is 0.00143. The van der Waals surface area contributed by atoms with Crippen LogP contribution in [0.2, 0.25) is 0 Å². The van der Waals surface area contributed by atoms with Crippen LogP contribution in [0.3, 0.4) is 0 Å². The normalized spacial score (nSPS) is 14.4. The SMILES string of the molecule is CC/C=C\C/C=C\C/C=C\C/C=C\C/C=C\CC(=O)OC(COC(=O)CCCCCCCCCC/C=C\C/C=C\C/C=C\CCCCCCC)COP(=O)(O)OCC[N+](C)(C)C. The summed E-state index contributed by atoms with van der Waals surface area (Å²) in [6.07, 6.45) is 57.8. The molecular formula is C52H89NO8P+. The van der Waals surface area contributed by atoms with Crippen LogP contribution in [0.1, 0.15) is 168 Å². The lowest BCUT2D eigenvalue weighted by Gasteiger charge is -2.24. The number of unbranched alkanes of at least 4 members (excludes halogenated alkanes) is 13. The van der Waals surface area contributed by atoms with Gasteiger partial charge in [-0.15, -0.1) is 0 Å². The number of carbonyl (C=O) groups is 2. The summed E-state index contributed by atoms with van der Waals surface area (Å²) >= 11 is 0. The molecule has 0 aliphatic rings. The number of likely N-dealkylation sites (N-methyl/N-ethyl adjacent to an activating group) is 1. The Labute approximate surface area is 379 Å². The van der Waals surface area contributed by atoms with E-state index in [0.29, 0.717) is 23.9 Å². The fraction of sp³-hybridized carbons (Fsp3) is 0.654. The van der Waals surface area contributed by atoms with Crippen LogP contribution in [-0.4, -0.2) is 74.9 Å². The average Bonchev–Trinajstić information content (AvgIpc) is 3.23. The van der Waals surface area contributed by atoms with Gasteiger partial charge < -0.3 is 18.9 Å². The molecule has 0 aromatic heterocycles. The lowest BCUT2D eigenvalue weighted by Crippen LogP contribution is -2.37. The third-order valence-electron chi connectivity index (χ3n) is 9.63. The number of phosphoric ester groups is 1. The molecule has 0 aromatic carbocycles. The Morgan fingerprint density at radius 3 is 1.45 bits per heavy atom. The molecule has 354 valence electrons. The third-order valence-corrected chi connectivity index (χ3v) is 10.6. The quantitative estimate of drug-likeness (QED) is 0.0212. The molecule has 0 saturated heterocycles. The molecule has 62 heavy (non-hydrogen) atoms. The number of esters is 2. The predicted octanol–water partition coefficient (Wildman–Crippen LogP) is 14.1. The van der Waals surface area contributed by atoms with E-state index in [4.69, 9.17) is 18.5 Å². The topological polar surface area (TPSA) is 108 Å². The van der Waals surface area contributed by atoms with Gasteiger partial charge in [-0.1, -0.05) is 175 Å². The Morgan fingerprint density at radius 2 is 0.968 bits per heavy atom. The number of hydrogen-bond acceptors (Lipinski definition) is 7. The van der Waals surface area contributed by atoms with E-state index >= 15 is 0 Å². The molecule has 0 saturated carbocycles. The van der Waals surface area contributed by atoms with Crippen LogP contribution in [0.25, 0.3) is 0 Å². The van der Waals surface area contributed by atoms with Crippen LogP contribution >= 0.6 is 7.82 Å². The summed E-state index contributed by atoms with van der Waals surface area (Å²) in [5, 5.41) is 0. The lowest BCUT2D eigenvalue weighted by atomic mass is 10.1. The van der Waals surface area contributed by atoms with Gasteiger partial charge in [0, 0.05) is 6.42 Å². The smallest absolute Gasteiger partial charge is 0.462 e. The summed E-state index contributed by atoms with van der Waals surface area (Å²) in [5.74, 6) is -0.962. The zero-order valence-electron chi connectivity index (χ0n) is 39.8. The molecule has 1 N–H and O–H groups in total. The molecule has 2 unspecified atom stereocenters. The molecule has 9 nitrogen and oxygen atoms in total. The Kier molecular flexibility index (Phi) is 41.1. The Bertz CT molecular complexity index is 1370. The Hall–Kier alpha value is -3.07. The van der Waals surface area contributed by atoms with E-state index in [2.05, 4.69) is 92.8 Å². The highest BCUT2D eigenvalue weighted by molar-refractivity contribution is 7.47. The minimum Gasteiger partial charge on any atom is -0.462 e. The molecular weight excluding hydrogens is 798 g/mol. The largest absolute Gasteiger partial charge is 0.472 e. The Morgan fingerprint density at radius 1 is 0.532 bits per heavy atom. The number of hydrogen-bond donors (Lipinski definition) is 1. The van der Waals surface area contributed by atoms with E-state index in [1.165, 1.54) is 64.2 Å². The highest BCUT2D eigenvalue weighted by atomic mass is 31.2. The first kappa shape index (κ1) is 58.9. The van der Waals surface area contributed by atoms with Crippen molar-refractivity contribution in [3.8, 4) is 0 Å². The highest BCUT2D eigenvalue weighted by Gasteiger charge is 2.27. The fourth-order valence-corrected chi connectivity index (χ4v) is 6.66. The first-order valence-corrected chi connectivity index (χ1v) is 25.5. The maximum absolute atomic E-state index is 12.6. The van der Waals surface area contributed by atoms with Crippen molar-refractivity contribution in [2.24, 2.45) is 0 Å². The molecule has 0 fully saturated rings. The number of quaternary nitrogens is 1. The molecule has 0 amide bonds. The van der Waals surface area contributed by atoms with Crippen LogP contribution in [0.5, 0.6) is 0 Å². The molecule has 10 heteroatoms. The van der Waals surface area contributed by atoms with E-state index in [0.717, 1.165) is 64.2 Å². The summed E-state index contributed by atoms with van der Waals surface area (Å²) in [7, 11) is 1.40. The number of rotatable bonds is 42. The van der Waals surface area contributed by atoms with Crippen molar-refractivity contribution in [2.75, 3.05) is 47.5 Å². The monoisotopic (exact) mass is 887 g/mol. The van der Waals surface area contributed by atoms with Crippen LogP contribution in [-0.2, 0) is 32.7 Å². The van der Waals surface area contributed by atoms with Crippen LogP contribution in [0.15, 0.2) is 97.2 Å². The van der Waals surface area contributed by atoms with E-state index in [1.807, 2.05) is 33.3 Å². The average molecular weight is 887 g/mol. The molecule has 0 rings (SSSR count). The number of phosphoric acid groups is 1. The van der Waals surface area contributed by atoms with Gasteiger partial charge in [-0.25, -0.2) is 4.57 Å². The fourth-order valence-electron chi connectivity index (χ4n) is 5.92. The summed E-state index contributed by atoms with van der Waals surface area (Å²) in [6.45, 7) is 4.16. The zero-order chi connectivity index (χ0) is 45.7. The second-order valence-electron chi connectivity index (χ2n) is 16.8. The van der Waals surface area contributed by atoms with Gasteiger partial charge in [-0.2, -0.15) is 0 Å². The zero-order valence-corrected chi connectivity index (χ0v) is 40.7. The second kappa shape index (κ2) is 43.2. The first-order valence-electron chi connectivity index (χ1n) is 24.0. The van der Waals surface area contributed by atoms with Crippen LogP contribution in [0, 0.1) is 0 Å². The van der Waals surface area contributed by atoms with Gasteiger partial charge in [0.15, 0.2) is 6.10 Å². The first-order chi connectivity index (χ1) is 30.0. The van der Waals surface area contributed by atoms with Crippen molar-refractivity contribution in [3.05, 3.63) is 97.2 Å². The van der Waals surface area contributed by atoms with Gasteiger partial charge >= 0.3 is 19.8 Å². The van der Waals surface area contributed by atoms with Crippen molar-refractivity contribution in [3.63, 3.8) is 0 Å². The van der Waals surface area contributed by atoms with Crippen molar-refractivity contribution in [1.82, 2.24) is 0 Å². The third kappa shape index (κ3) is 46.4.